The van der Waals surface area contributed by atoms with Gasteiger partial charge in [0.15, 0.2) is 5.03 Å². The van der Waals surface area contributed by atoms with Crippen molar-refractivity contribution in [3.8, 4) is 0 Å². The SMILES string of the molecule is O=C(O)c1ccc(S(=O)(=O)Nc2nnc(C3CC3)o2)nc1. The number of rotatable bonds is 5. The van der Waals surface area contributed by atoms with Gasteiger partial charge in [0.1, 0.15) is 0 Å². The van der Waals surface area contributed by atoms with Crippen molar-refractivity contribution in [2.24, 2.45) is 0 Å². The van der Waals surface area contributed by atoms with Crippen molar-refractivity contribution in [1.82, 2.24) is 15.2 Å². The van der Waals surface area contributed by atoms with E-state index in [9.17, 15) is 13.2 Å². The summed E-state index contributed by atoms with van der Waals surface area (Å²) in [6.45, 7) is 0. The van der Waals surface area contributed by atoms with Crippen molar-refractivity contribution >= 4 is 22.0 Å². The van der Waals surface area contributed by atoms with Crippen molar-refractivity contribution in [3.05, 3.63) is 29.8 Å². The Morgan fingerprint density at radius 2 is 2.10 bits per heavy atom. The number of nitrogens with zero attached hydrogens (tertiary/aromatic N) is 3. The lowest BCUT2D eigenvalue weighted by Crippen LogP contribution is -2.15. The molecule has 0 aromatic carbocycles. The molecule has 2 aromatic rings. The summed E-state index contributed by atoms with van der Waals surface area (Å²) in [5.74, 6) is -0.573. The number of sulfonamides is 1. The third-order valence-electron chi connectivity index (χ3n) is 2.85. The van der Waals surface area contributed by atoms with Gasteiger partial charge in [-0.05, 0) is 25.0 Å². The summed E-state index contributed by atoms with van der Waals surface area (Å²) in [6, 6.07) is 2.00. The van der Waals surface area contributed by atoms with Gasteiger partial charge in [0.25, 0.3) is 10.0 Å². The first kappa shape index (κ1) is 13.5. The Kier molecular flexibility index (Phi) is 3.09. The van der Waals surface area contributed by atoms with E-state index in [1.54, 1.807) is 0 Å². The predicted molar refractivity (Wildman–Crippen MR) is 68.3 cm³/mol. The van der Waals surface area contributed by atoms with Gasteiger partial charge in [-0.3, -0.25) is 0 Å². The maximum absolute atomic E-state index is 12.0. The molecule has 0 aliphatic heterocycles. The van der Waals surface area contributed by atoms with Crippen LogP contribution in [0.5, 0.6) is 0 Å². The number of nitrogens with one attached hydrogen (secondary N) is 1. The van der Waals surface area contributed by atoms with Crippen LogP contribution in [-0.2, 0) is 10.0 Å². The Bertz CT molecular complexity index is 779. The molecule has 2 heterocycles. The lowest BCUT2D eigenvalue weighted by atomic mass is 10.3. The Labute approximate surface area is 119 Å². The third-order valence-corrected chi connectivity index (χ3v) is 4.08. The van der Waals surface area contributed by atoms with Crippen LogP contribution in [0.4, 0.5) is 6.01 Å². The first-order valence-corrected chi connectivity index (χ1v) is 7.49. The molecule has 0 spiro atoms. The number of anilines is 1. The molecule has 9 nitrogen and oxygen atoms in total. The maximum Gasteiger partial charge on any atom is 0.337 e. The molecule has 1 saturated carbocycles. The standard InChI is InChI=1S/C11H10N4O5S/c16-10(17)7-3-4-8(12-5-7)21(18,19)15-11-14-13-9(20-11)6-1-2-6/h3-6H,1-2H2,(H,14,15)(H,16,17). The molecule has 2 aromatic heterocycles. The molecule has 0 unspecified atom stereocenters. The fraction of sp³-hybridized carbons (Fsp3) is 0.273. The number of hydrogen-bond donors (Lipinski definition) is 2. The molecule has 0 radical (unpaired) electrons. The predicted octanol–water partition coefficient (Wildman–Crippen LogP) is 0.841. The highest BCUT2D eigenvalue weighted by molar-refractivity contribution is 7.92. The van der Waals surface area contributed by atoms with E-state index in [0.717, 1.165) is 31.2 Å². The van der Waals surface area contributed by atoms with Crippen molar-refractivity contribution < 1.29 is 22.7 Å². The molecule has 0 atom stereocenters. The number of aromatic nitrogens is 3. The molecule has 3 rings (SSSR count). The molecule has 1 aliphatic rings. The number of carboxylic acids is 1. The fourth-order valence-corrected chi connectivity index (χ4v) is 2.46. The molecule has 10 heteroatoms. The number of carbonyl (C=O) groups is 1. The van der Waals surface area contributed by atoms with Crippen LogP contribution in [0.2, 0.25) is 0 Å². The third kappa shape index (κ3) is 2.84. The topological polar surface area (TPSA) is 135 Å². The molecule has 1 fully saturated rings. The van der Waals surface area contributed by atoms with E-state index in [-0.39, 0.29) is 22.5 Å². The van der Waals surface area contributed by atoms with E-state index in [4.69, 9.17) is 9.52 Å². The van der Waals surface area contributed by atoms with Gasteiger partial charge < -0.3 is 9.52 Å². The minimum absolute atomic E-state index is 0.109. The van der Waals surface area contributed by atoms with Crippen molar-refractivity contribution in [2.75, 3.05) is 4.72 Å². The second-order valence-corrected chi connectivity index (χ2v) is 6.14. The highest BCUT2D eigenvalue weighted by atomic mass is 32.2. The summed E-state index contributed by atoms with van der Waals surface area (Å²) < 4.78 is 31.4. The van der Waals surface area contributed by atoms with Gasteiger partial charge in [-0.2, -0.15) is 8.42 Å². The molecule has 0 amide bonds. The second-order valence-electron chi connectivity index (χ2n) is 4.52. The fourth-order valence-electron chi connectivity index (χ4n) is 1.60. The normalized spacial score (nSPS) is 14.9. The quantitative estimate of drug-likeness (QED) is 0.829. The van der Waals surface area contributed by atoms with Crippen LogP contribution in [0.3, 0.4) is 0 Å². The summed E-state index contributed by atoms with van der Waals surface area (Å²) in [5, 5.41) is 15.8. The molecule has 21 heavy (non-hydrogen) atoms. The first-order valence-electron chi connectivity index (χ1n) is 6.01. The Morgan fingerprint density at radius 3 is 2.67 bits per heavy atom. The zero-order valence-electron chi connectivity index (χ0n) is 10.6. The highest BCUT2D eigenvalue weighted by Gasteiger charge is 2.30. The molecular formula is C11H10N4O5S. The van der Waals surface area contributed by atoms with Crippen LogP contribution in [0.25, 0.3) is 0 Å². The Morgan fingerprint density at radius 1 is 1.33 bits per heavy atom. The van der Waals surface area contributed by atoms with Crippen LogP contribution in [0.15, 0.2) is 27.8 Å². The second kappa shape index (κ2) is 4.81. The number of aromatic carboxylic acids is 1. The van der Waals surface area contributed by atoms with Crippen molar-refractivity contribution in [3.63, 3.8) is 0 Å². The van der Waals surface area contributed by atoms with E-state index < -0.39 is 16.0 Å². The summed E-state index contributed by atoms with van der Waals surface area (Å²) in [4.78, 5) is 14.3. The summed E-state index contributed by atoms with van der Waals surface area (Å²) in [6.07, 6.45) is 2.86. The van der Waals surface area contributed by atoms with Crippen LogP contribution in [0, 0.1) is 0 Å². The molecule has 2 N–H and O–H groups in total. The summed E-state index contributed by atoms with van der Waals surface area (Å²) >= 11 is 0. The molecule has 0 saturated heterocycles. The zero-order chi connectivity index (χ0) is 15.0. The average Bonchev–Trinajstić information content (AvgIpc) is 3.20. The highest BCUT2D eigenvalue weighted by Crippen LogP contribution is 2.39. The minimum Gasteiger partial charge on any atom is -0.478 e. The lowest BCUT2D eigenvalue weighted by Gasteiger charge is -2.03. The van der Waals surface area contributed by atoms with Crippen LogP contribution >= 0.6 is 0 Å². The van der Waals surface area contributed by atoms with Gasteiger partial charge >= 0.3 is 12.0 Å². The monoisotopic (exact) mass is 310 g/mol. The molecular weight excluding hydrogens is 300 g/mol. The molecule has 1 aliphatic carbocycles. The van der Waals surface area contributed by atoms with Crippen molar-refractivity contribution in [2.45, 2.75) is 23.8 Å². The molecule has 110 valence electrons. The lowest BCUT2D eigenvalue weighted by molar-refractivity contribution is 0.0696. The van der Waals surface area contributed by atoms with Crippen molar-refractivity contribution in [1.29, 1.82) is 0 Å². The van der Waals surface area contributed by atoms with Crippen LogP contribution in [-0.4, -0.2) is 34.7 Å². The van der Waals surface area contributed by atoms with Gasteiger partial charge in [-0.25, -0.2) is 14.5 Å². The molecule has 0 bridgehead atoms. The van der Waals surface area contributed by atoms with Gasteiger partial charge in [-0.15, -0.1) is 5.10 Å². The largest absolute Gasteiger partial charge is 0.478 e. The zero-order valence-corrected chi connectivity index (χ0v) is 11.4. The van der Waals surface area contributed by atoms with Gasteiger partial charge in [-0.1, -0.05) is 5.10 Å². The Hall–Kier alpha value is -2.49. The minimum atomic E-state index is -4.00. The van der Waals surface area contributed by atoms with E-state index in [1.165, 1.54) is 0 Å². The maximum atomic E-state index is 12.0. The number of carboxylic acid groups (broad SMARTS) is 1. The van der Waals surface area contributed by atoms with E-state index in [1.807, 2.05) is 0 Å². The van der Waals surface area contributed by atoms with Gasteiger partial charge in [0.2, 0.25) is 5.89 Å². The van der Waals surface area contributed by atoms with Gasteiger partial charge in [0, 0.05) is 12.1 Å². The first-order chi connectivity index (χ1) is 9.95. The van der Waals surface area contributed by atoms with E-state index in [0.29, 0.717) is 5.89 Å². The Balaban J connectivity index is 1.80. The number of hydrogen-bond acceptors (Lipinski definition) is 7. The summed E-state index contributed by atoms with van der Waals surface area (Å²) in [5.41, 5.74) is -0.109. The van der Waals surface area contributed by atoms with Gasteiger partial charge in [0.05, 0.1) is 5.56 Å². The summed E-state index contributed by atoms with van der Waals surface area (Å²) in [7, 11) is -4.00. The van der Waals surface area contributed by atoms with Crippen LogP contribution in [0.1, 0.15) is 35.0 Å². The average molecular weight is 310 g/mol. The van der Waals surface area contributed by atoms with Crippen LogP contribution < -0.4 is 4.72 Å². The van der Waals surface area contributed by atoms with E-state index >= 15 is 0 Å². The smallest absolute Gasteiger partial charge is 0.337 e. The van der Waals surface area contributed by atoms with E-state index in [2.05, 4.69) is 19.9 Å². The number of pyridine rings is 1.